The fraction of sp³-hybridized carbons (Fsp3) is 0.360. The van der Waals surface area contributed by atoms with Crippen molar-refractivity contribution in [3.8, 4) is 5.75 Å². The van der Waals surface area contributed by atoms with E-state index < -0.39 is 5.82 Å². The fourth-order valence-electron chi connectivity index (χ4n) is 4.90. The van der Waals surface area contributed by atoms with Crippen molar-refractivity contribution < 1.29 is 13.9 Å². The molecule has 0 radical (unpaired) electrons. The van der Waals surface area contributed by atoms with Crippen molar-refractivity contribution in [1.82, 2.24) is 19.9 Å². The van der Waals surface area contributed by atoms with E-state index in [1.54, 1.807) is 18.3 Å². The number of carbonyl (C=O) groups is 1. The van der Waals surface area contributed by atoms with Gasteiger partial charge in [-0.1, -0.05) is 18.2 Å². The van der Waals surface area contributed by atoms with Gasteiger partial charge < -0.3 is 19.9 Å². The monoisotopic (exact) mass is 494 g/mol. The smallest absolute Gasteiger partial charge is 0.246 e. The first-order chi connectivity index (χ1) is 17.0. The molecule has 10 heteroatoms. The van der Waals surface area contributed by atoms with E-state index in [1.807, 2.05) is 11.0 Å². The van der Waals surface area contributed by atoms with Crippen LogP contribution in [0.4, 0.5) is 21.7 Å². The summed E-state index contributed by atoms with van der Waals surface area (Å²) in [6.45, 7) is 5.49. The number of halogens is 2. The summed E-state index contributed by atoms with van der Waals surface area (Å²) in [4.78, 5) is 29.4. The highest BCUT2D eigenvalue weighted by Crippen LogP contribution is 2.38. The van der Waals surface area contributed by atoms with Gasteiger partial charge in [0.2, 0.25) is 5.91 Å². The van der Waals surface area contributed by atoms with Crippen molar-refractivity contribution in [3.05, 3.63) is 54.2 Å². The van der Waals surface area contributed by atoms with E-state index in [2.05, 4.69) is 31.7 Å². The van der Waals surface area contributed by atoms with Crippen molar-refractivity contribution in [1.29, 1.82) is 0 Å². The molecule has 2 aliphatic heterocycles. The topological polar surface area (TPSA) is 83.5 Å². The maximum Gasteiger partial charge on any atom is 0.246 e. The molecule has 1 saturated carbocycles. The Morgan fingerprint density at radius 3 is 2.86 bits per heavy atom. The van der Waals surface area contributed by atoms with E-state index >= 15 is 4.39 Å². The van der Waals surface area contributed by atoms with E-state index in [0.717, 1.165) is 25.1 Å². The highest BCUT2D eigenvalue weighted by atomic mass is 35.5. The lowest BCUT2D eigenvalue weighted by molar-refractivity contribution is -0.127. The Bertz CT molecular complexity index is 1330. The molecule has 2 aromatic heterocycles. The summed E-state index contributed by atoms with van der Waals surface area (Å²) in [5.74, 6) is 1.48. The second-order valence-electron chi connectivity index (χ2n) is 9.29. The molecule has 2 atom stereocenters. The summed E-state index contributed by atoms with van der Waals surface area (Å²) in [6, 6.07) is 5.51. The Morgan fingerprint density at radius 2 is 2.11 bits per heavy atom. The van der Waals surface area contributed by atoms with Crippen molar-refractivity contribution in [2.24, 2.45) is 5.92 Å². The van der Waals surface area contributed by atoms with Gasteiger partial charge in [0.1, 0.15) is 28.7 Å². The quantitative estimate of drug-likeness (QED) is 0.489. The number of nitrogens with zero attached hydrogens (tertiary/aromatic N) is 5. The van der Waals surface area contributed by atoms with Crippen molar-refractivity contribution in [3.63, 3.8) is 0 Å². The number of hydrogen-bond donors (Lipinski definition) is 1. The summed E-state index contributed by atoms with van der Waals surface area (Å²) >= 11 is 6.26. The zero-order valence-corrected chi connectivity index (χ0v) is 19.7. The molecular formula is C25H24ClFN6O2. The lowest BCUT2D eigenvalue weighted by Gasteiger charge is -2.34. The molecule has 0 unspecified atom stereocenters. The molecular weight excluding hydrogens is 471 g/mol. The maximum atomic E-state index is 15.1. The van der Waals surface area contributed by atoms with Crippen LogP contribution in [0.25, 0.3) is 10.9 Å². The minimum Gasteiger partial charge on any atom is -0.492 e. The van der Waals surface area contributed by atoms with Crippen molar-refractivity contribution in [2.45, 2.75) is 31.3 Å². The van der Waals surface area contributed by atoms with Gasteiger partial charge in [-0.05, 0) is 49.5 Å². The highest BCUT2D eigenvalue weighted by molar-refractivity contribution is 6.32. The molecule has 1 N–H and O–H groups in total. The Kier molecular flexibility index (Phi) is 5.44. The number of piperazine rings is 1. The molecule has 3 aromatic rings. The predicted molar refractivity (Wildman–Crippen MR) is 132 cm³/mol. The van der Waals surface area contributed by atoms with E-state index in [4.69, 9.17) is 16.3 Å². The highest BCUT2D eigenvalue weighted by Gasteiger charge is 2.45. The zero-order valence-electron chi connectivity index (χ0n) is 19.0. The van der Waals surface area contributed by atoms with Crippen LogP contribution in [0.5, 0.6) is 5.75 Å². The Balaban J connectivity index is 1.26. The standard InChI is InChI=1S/C25H24ClFN6O2/c1-2-22(34)33-11-15-7-16(33)10-32(15)21-8-17-19(9-28-21)29-13-30-25(17)31-18-5-6-20(23(26)24(18)27)35-12-14-3-4-14/h2,5-6,8-9,13-16H,1,3-4,7,10-12H2,(H,29,30,31)/t15-,16-/m0/s1. The molecule has 4 heterocycles. The summed E-state index contributed by atoms with van der Waals surface area (Å²) in [5.41, 5.74) is 0.834. The lowest BCUT2D eigenvalue weighted by Crippen LogP contribution is -2.48. The number of aromatic nitrogens is 3. The van der Waals surface area contributed by atoms with Gasteiger partial charge in [-0.2, -0.15) is 0 Å². The summed E-state index contributed by atoms with van der Waals surface area (Å²) in [6.07, 6.45) is 7.65. The van der Waals surface area contributed by atoms with Crippen LogP contribution in [-0.4, -0.2) is 57.5 Å². The van der Waals surface area contributed by atoms with E-state index in [1.165, 1.54) is 12.4 Å². The number of carbonyl (C=O) groups excluding carboxylic acids is 1. The largest absolute Gasteiger partial charge is 0.492 e. The number of fused-ring (bicyclic) bond motifs is 3. The van der Waals surface area contributed by atoms with Crippen LogP contribution >= 0.6 is 11.6 Å². The van der Waals surface area contributed by atoms with Crippen LogP contribution in [0, 0.1) is 11.7 Å². The molecule has 1 amide bonds. The first-order valence-electron chi connectivity index (χ1n) is 11.7. The van der Waals surface area contributed by atoms with Gasteiger partial charge in [-0.25, -0.2) is 19.3 Å². The average Bonchev–Trinajstić information content (AvgIpc) is 3.49. The molecule has 3 fully saturated rings. The molecule has 1 aromatic carbocycles. The fourth-order valence-corrected chi connectivity index (χ4v) is 5.12. The number of ether oxygens (including phenoxy) is 1. The van der Waals surface area contributed by atoms with Gasteiger partial charge >= 0.3 is 0 Å². The number of pyridine rings is 1. The second kappa shape index (κ2) is 8.64. The Morgan fingerprint density at radius 1 is 1.26 bits per heavy atom. The molecule has 8 nitrogen and oxygen atoms in total. The lowest BCUT2D eigenvalue weighted by atomic mass is 10.2. The summed E-state index contributed by atoms with van der Waals surface area (Å²) < 4.78 is 20.7. The van der Waals surface area contributed by atoms with Gasteiger partial charge in [0.05, 0.1) is 36.1 Å². The van der Waals surface area contributed by atoms with Crippen molar-refractivity contribution >= 4 is 45.7 Å². The van der Waals surface area contributed by atoms with Gasteiger partial charge in [-0.3, -0.25) is 4.79 Å². The number of nitrogens with one attached hydrogen (secondary N) is 1. The number of hydrogen-bond acceptors (Lipinski definition) is 7. The number of benzene rings is 1. The summed E-state index contributed by atoms with van der Waals surface area (Å²) in [5, 5.41) is 3.72. The zero-order chi connectivity index (χ0) is 24.1. The SMILES string of the molecule is C=CC(=O)N1C[C@@H]2C[C@H]1CN2c1cc2c(Nc3ccc(OCC4CC4)c(Cl)c3F)ncnc2cn1. The number of anilines is 3. The molecule has 35 heavy (non-hydrogen) atoms. The van der Waals surface area contributed by atoms with Gasteiger partial charge in [0.15, 0.2) is 5.82 Å². The third-order valence-corrected chi connectivity index (χ3v) is 7.32. The number of rotatable bonds is 7. The van der Waals surface area contributed by atoms with E-state index in [-0.39, 0.29) is 28.7 Å². The van der Waals surface area contributed by atoms with Crippen LogP contribution in [0.15, 0.2) is 43.4 Å². The minimum absolute atomic E-state index is 0.0341. The molecule has 3 aliphatic rings. The van der Waals surface area contributed by atoms with Gasteiger partial charge in [-0.15, -0.1) is 0 Å². The van der Waals surface area contributed by atoms with Crippen LogP contribution in [0.1, 0.15) is 19.3 Å². The van der Waals surface area contributed by atoms with Crippen LogP contribution in [-0.2, 0) is 4.79 Å². The van der Waals surface area contributed by atoms with Gasteiger partial charge in [0, 0.05) is 18.5 Å². The van der Waals surface area contributed by atoms with Crippen LogP contribution in [0.3, 0.4) is 0 Å². The molecule has 0 spiro atoms. The van der Waals surface area contributed by atoms with E-state index in [9.17, 15) is 4.79 Å². The third kappa shape index (κ3) is 4.03. The third-order valence-electron chi connectivity index (χ3n) is 6.97. The minimum atomic E-state index is -0.593. The normalized spacial score (nSPS) is 21.0. The van der Waals surface area contributed by atoms with Crippen molar-refractivity contribution in [2.75, 3.05) is 29.9 Å². The Hall–Kier alpha value is -3.46. The first kappa shape index (κ1) is 22.0. The second-order valence-corrected chi connectivity index (χ2v) is 9.67. The molecule has 1 aliphatic carbocycles. The average molecular weight is 495 g/mol. The predicted octanol–water partition coefficient (Wildman–Crippen LogP) is 4.33. The maximum absolute atomic E-state index is 15.1. The summed E-state index contributed by atoms with van der Waals surface area (Å²) in [7, 11) is 0. The number of likely N-dealkylation sites (tertiary alicyclic amines) is 1. The molecule has 180 valence electrons. The van der Waals surface area contributed by atoms with Gasteiger partial charge in [0.25, 0.3) is 0 Å². The van der Waals surface area contributed by atoms with Crippen LogP contribution in [0.2, 0.25) is 5.02 Å². The number of amides is 1. The first-order valence-corrected chi connectivity index (χ1v) is 12.1. The molecule has 2 saturated heterocycles. The Labute approximate surface area is 206 Å². The van der Waals surface area contributed by atoms with Crippen LogP contribution < -0.4 is 15.0 Å². The molecule has 6 rings (SSSR count). The van der Waals surface area contributed by atoms with E-state index in [0.29, 0.717) is 48.1 Å². The molecule has 2 bridgehead atoms.